The van der Waals surface area contributed by atoms with Crippen LogP contribution < -0.4 is 9.47 Å². The Hall–Kier alpha value is -4.58. The standard InChI is InChI=1S/C56H76O6/c1-9-11-18-40-19-13-12-16-32-55(3,4)37-47-35-52(62-8)50(36-51(47)61-7)56(5,6)38-46-34-48(41-24-28-43(29-25-41)53(57)58)45(23-22-39(17-10-2)20-14-15-21-40)33-49(46)42-26-30-44(31-27-42)54(59)60/h24-31,33-36,39-40H,9-23,32,37-38H2,1-8H3,(H,57,58)(H,59,60). The average molecular weight is 845 g/mol. The van der Waals surface area contributed by atoms with Gasteiger partial charge in [0.1, 0.15) is 11.5 Å². The van der Waals surface area contributed by atoms with Gasteiger partial charge in [0, 0.05) is 5.56 Å². The Morgan fingerprint density at radius 2 is 1.13 bits per heavy atom. The zero-order chi connectivity index (χ0) is 44.9. The van der Waals surface area contributed by atoms with E-state index in [9.17, 15) is 19.8 Å². The highest BCUT2D eigenvalue weighted by molar-refractivity contribution is 5.89. The number of hydrogen-bond donors (Lipinski definition) is 2. The molecule has 3 aliphatic carbocycles. The van der Waals surface area contributed by atoms with Crippen LogP contribution in [0, 0.1) is 17.3 Å². The van der Waals surface area contributed by atoms with E-state index in [2.05, 4.69) is 65.8 Å². The van der Waals surface area contributed by atoms with Gasteiger partial charge in [-0.25, -0.2) is 9.59 Å². The molecule has 0 saturated heterocycles. The van der Waals surface area contributed by atoms with E-state index in [0.29, 0.717) is 12.3 Å². The van der Waals surface area contributed by atoms with Crippen molar-refractivity contribution in [3.63, 3.8) is 0 Å². The van der Waals surface area contributed by atoms with E-state index in [-0.39, 0.29) is 16.5 Å². The smallest absolute Gasteiger partial charge is 0.335 e. The van der Waals surface area contributed by atoms with Crippen molar-refractivity contribution >= 4 is 11.9 Å². The van der Waals surface area contributed by atoms with Gasteiger partial charge in [-0.15, -0.1) is 0 Å². The summed E-state index contributed by atoms with van der Waals surface area (Å²) in [6.45, 7) is 13.9. The third kappa shape index (κ3) is 13.2. The van der Waals surface area contributed by atoms with Gasteiger partial charge in [0.15, 0.2) is 0 Å². The fraction of sp³-hybridized carbons (Fsp3) is 0.536. The van der Waals surface area contributed by atoms with Gasteiger partial charge in [0.25, 0.3) is 0 Å². The van der Waals surface area contributed by atoms with E-state index in [1.165, 1.54) is 82.6 Å². The molecule has 6 heteroatoms. The molecule has 4 bridgehead atoms. The van der Waals surface area contributed by atoms with Crippen molar-refractivity contribution in [2.75, 3.05) is 14.2 Å². The first kappa shape index (κ1) is 48.5. The molecular weight excluding hydrogens is 769 g/mol. The maximum atomic E-state index is 12.0. The molecule has 336 valence electrons. The number of aromatic carboxylic acids is 2. The number of carboxylic acids is 2. The third-order valence-electron chi connectivity index (χ3n) is 13.8. The molecule has 62 heavy (non-hydrogen) atoms. The summed E-state index contributed by atoms with van der Waals surface area (Å²) in [5.74, 6) is 1.28. The summed E-state index contributed by atoms with van der Waals surface area (Å²) in [6, 6.07) is 23.6. The third-order valence-corrected chi connectivity index (χ3v) is 13.8. The van der Waals surface area contributed by atoms with Crippen molar-refractivity contribution in [3.05, 3.63) is 106 Å². The predicted octanol–water partition coefficient (Wildman–Crippen LogP) is 15.2. The number of carboxylic acid groups (broad SMARTS) is 2. The first-order valence-corrected chi connectivity index (χ1v) is 23.8. The lowest BCUT2D eigenvalue weighted by Gasteiger charge is -2.31. The van der Waals surface area contributed by atoms with Gasteiger partial charge in [0.05, 0.1) is 25.3 Å². The van der Waals surface area contributed by atoms with Crippen LogP contribution in [0.1, 0.15) is 181 Å². The quantitative estimate of drug-likeness (QED) is 0.156. The lowest BCUT2D eigenvalue weighted by molar-refractivity contribution is 0.0686. The van der Waals surface area contributed by atoms with Crippen molar-refractivity contribution in [1.29, 1.82) is 0 Å². The summed E-state index contributed by atoms with van der Waals surface area (Å²) in [5, 5.41) is 19.6. The number of fused-ring (bicyclic) bond motifs is 2. The lowest BCUT2D eigenvalue weighted by atomic mass is 9.74. The highest BCUT2D eigenvalue weighted by atomic mass is 16.5. The Balaban J connectivity index is 1.67. The van der Waals surface area contributed by atoms with Crippen molar-refractivity contribution in [1.82, 2.24) is 0 Å². The average Bonchev–Trinajstić information content (AvgIpc) is 3.25. The SMILES string of the molecule is CCCCC1CCCCCC(C)(C)Cc2cc(OC)c(cc2OC)C(C)(C)Cc2cc(-c3ccc(C(=O)O)cc3)c(cc2-c2ccc(C(=O)O)cc2)CCC(CCC)CCCC1. The second kappa shape index (κ2) is 22.7. The Kier molecular flexibility index (Phi) is 17.7. The van der Waals surface area contributed by atoms with Crippen LogP contribution in [0.4, 0.5) is 0 Å². The Morgan fingerprint density at radius 3 is 1.66 bits per heavy atom. The minimum Gasteiger partial charge on any atom is -0.496 e. The van der Waals surface area contributed by atoms with Gasteiger partial charge < -0.3 is 19.7 Å². The van der Waals surface area contributed by atoms with Crippen molar-refractivity contribution in [2.24, 2.45) is 17.3 Å². The van der Waals surface area contributed by atoms with E-state index < -0.39 is 17.4 Å². The van der Waals surface area contributed by atoms with Crippen molar-refractivity contribution in [2.45, 2.75) is 163 Å². The summed E-state index contributed by atoms with van der Waals surface area (Å²) in [7, 11) is 3.53. The topological polar surface area (TPSA) is 93.1 Å². The van der Waals surface area contributed by atoms with Crippen LogP contribution >= 0.6 is 0 Å². The molecule has 2 unspecified atom stereocenters. The zero-order valence-electron chi connectivity index (χ0n) is 39.3. The van der Waals surface area contributed by atoms with Gasteiger partial charge in [-0.2, -0.15) is 0 Å². The molecule has 0 radical (unpaired) electrons. The minimum absolute atomic E-state index is 0.101. The van der Waals surface area contributed by atoms with Gasteiger partial charge in [0.2, 0.25) is 0 Å². The highest BCUT2D eigenvalue weighted by Crippen LogP contribution is 2.44. The summed E-state index contributed by atoms with van der Waals surface area (Å²) in [4.78, 5) is 23.9. The van der Waals surface area contributed by atoms with E-state index in [1.807, 2.05) is 24.3 Å². The highest BCUT2D eigenvalue weighted by Gasteiger charge is 2.30. The Morgan fingerprint density at radius 1 is 0.597 bits per heavy atom. The monoisotopic (exact) mass is 845 g/mol. The number of carbonyl (C=O) groups is 2. The van der Waals surface area contributed by atoms with Gasteiger partial charge in [-0.1, -0.05) is 161 Å². The molecule has 7 rings (SSSR count). The van der Waals surface area contributed by atoms with Crippen molar-refractivity contribution in [3.8, 4) is 33.8 Å². The number of benzene rings is 4. The molecule has 0 heterocycles. The molecule has 4 aromatic rings. The number of aryl methyl sites for hydroxylation is 1. The largest absolute Gasteiger partial charge is 0.496 e. The van der Waals surface area contributed by atoms with E-state index in [4.69, 9.17) is 9.47 Å². The van der Waals surface area contributed by atoms with Gasteiger partial charge in [-0.3, -0.25) is 0 Å². The molecule has 0 aromatic heterocycles. The number of unbranched alkanes of at least 4 members (excludes halogenated alkanes) is 1. The van der Waals surface area contributed by atoms with Crippen LogP contribution in [0.5, 0.6) is 11.5 Å². The minimum atomic E-state index is -0.946. The molecule has 2 N–H and O–H groups in total. The molecule has 0 fully saturated rings. The summed E-state index contributed by atoms with van der Waals surface area (Å²) in [5.41, 5.74) is 8.94. The van der Waals surface area contributed by atoms with Crippen LogP contribution in [0.25, 0.3) is 22.3 Å². The molecule has 0 amide bonds. The maximum Gasteiger partial charge on any atom is 0.335 e. The van der Waals surface area contributed by atoms with Crippen molar-refractivity contribution < 1.29 is 29.3 Å². The molecule has 4 aromatic carbocycles. The number of hydrogen-bond acceptors (Lipinski definition) is 4. The molecular formula is C56H76O6. The van der Waals surface area contributed by atoms with Gasteiger partial charge in [-0.05, 0) is 130 Å². The van der Waals surface area contributed by atoms with Gasteiger partial charge >= 0.3 is 11.9 Å². The number of ether oxygens (including phenoxy) is 2. The first-order valence-electron chi connectivity index (χ1n) is 23.8. The number of rotatable bonds is 11. The summed E-state index contributed by atoms with van der Waals surface area (Å²) in [6.07, 6.45) is 21.3. The van der Waals surface area contributed by atoms with Crippen LogP contribution in [0.3, 0.4) is 0 Å². The Bertz CT molecular complexity index is 2060. The number of methoxy groups -OCH3 is 2. The van der Waals surface area contributed by atoms with E-state index >= 15 is 0 Å². The molecule has 0 aliphatic heterocycles. The lowest BCUT2D eigenvalue weighted by Crippen LogP contribution is -2.23. The fourth-order valence-corrected chi connectivity index (χ4v) is 10.2. The molecule has 6 nitrogen and oxygen atoms in total. The maximum absolute atomic E-state index is 12.0. The molecule has 0 spiro atoms. The van der Waals surface area contributed by atoms with Crippen LogP contribution in [0.15, 0.2) is 72.8 Å². The fourth-order valence-electron chi connectivity index (χ4n) is 10.2. The molecule has 2 atom stereocenters. The normalized spacial score (nSPS) is 19.0. The van der Waals surface area contributed by atoms with Crippen LogP contribution in [-0.4, -0.2) is 36.4 Å². The Labute approximate surface area is 373 Å². The second-order valence-corrected chi connectivity index (χ2v) is 19.8. The van der Waals surface area contributed by atoms with E-state index in [1.54, 1.807) is 38.5 Å². The molecule has 3 aliphatic rings. The molecule has 0 saturated carbocycles. The second-order valence-electron chi connectivity index (χ2n) is 19.8. The summed E-state index contributed by atoms with van der Waals surface area (Å²) >= 11 is 0. The summed E-state index contributed by atoms with van der Waals surface area (Å²) < 4.78 is 12.4. The predicted molar refractivity (Wildman–Crippen MR) is 256 cm³/mol. The van der Waals surface area contributed by atoms with Crippen LogP contribution in [-0.2, 0) is 24.7 Å². The first-order chi connectivity index (χ1) is 29.7. The zero-order valence-corrected chi connectivity index (χ0v) is 39.3. The van der Waals surface area contributed by atoms with E-state index in [0.717, 1.165) is 88.5 Å². The van der Waals surface area contributed by atoms with Crippen LogP contribution in [0.2, 0.25) is 0 Å².